The summed E-state index contributed by atoms with van der Waals surface area (Å²) in [6.07, 6.45) is 0.820. The largest absolute Gasteiger partial charge is 0.312 e. The maximum absolute atomic E-state index is 6.09. The molecule has 6 heteroatoms. The summed E-state index contributed by atoms with van der Waals surface area (Å²) in [5.74, 6) is 0. The van der Waals surface area contributed by atoms with Gasteiger partial charge in [0.15, 0.2) is 0 Å². The van der Waals surface area contributed by atoms with Gasteiger partial charge in [-0.2, -0.15) is 0 Å². The number of nitrogens with zero attached hydrogens (tertiary/aromatic N) is 2. The third-order valence-corrected chi connectivity index (χ3v) is 4.89. The molecule has 0 amide bonds. The SMILES string of the molecule is CNC(Cc1ccc(Cl)c(Cl)c1)c1snnc1C(C)(C)C. The van der Waals surface area contributed by atoms with E-state index in [0.717, 1.165) is 17.7 Å². The monoisotopic (exact) mass is 343 g/mol. The van der Waals surface area contributed by atoms with Gasteiger partial charge in [-0.15, -0.1) is 5.10 Å². The van der Waals surface area contributed by atoms with Crippen LogP contribution < -0.4 is 5.32 Å². The summed E-state index contributed by atoms with van der Waals surface area (Å²) < 4.78 is 4.14. The lowest BCUT2D eigenvalue weighted by Crippen LogP contribution is -2.23. The first kappa shape index (κ1) is 16.7. The second-order valence-electron chi connectivity index (χ2n) is 6.03. The number of nitrogens with one attached hydrogen (secondary N) is 1. The van der Waals surface area contributed by atoms with Crippen LogP contribution in [0.1, 0.15) is 42.9 Å². The van der Waals surface area contributed by atoms with Gasteiger partial charge in [0.2, 0.25) is 0 Å². The Balaban J connectivity index is 2.28. The molecule has 0 aliphatic heterocycles. The standard InChI is InChI=1S/C15H19Cl2N3S/c1-15(2,3)14-13(21-20-19-14)12(18-4)8-9-5-6-10(16)11(17)7-9/h5-7,12,18H,8H2,1-4H3. The molecule has 0 fully saturated rings. The number of benzene rings is 1. The van der Waals surface area contributed by atoms with Crippen molar-refractivity contribution in [1.82, 2.24) is 14.9 Å². The third-order valence-electron chi connectivity index (χ3n) is 3.31. The van der Waals surface area contributed by atoms with E-state index >= 15 is 0 Å². The van der Waals surface area contributed by atoms with Crippen LogP contribution in [0.4, 0.5) is 0 Å². The molecule has 1 aromatic heterocycles. The van der Waals surface area contributed by atoms with Crippen LogP contribution in [0, 0.1) is 0 Å². The topological polar surface area (TPSA) is 37.8 Å². The van der Waals surface area contributed by atoms with E-state index in [2.05, 4.69) is 35.7 Å². The number of rotatable bonds is 4. The summed E-state index contributed by atoms with van der Waals surface area (Å²) in [6.45, 7) is 6.46. The van der Waals surface area contributed by atoms with Gasteiger partial charge in [0, 0.05) is 11.5 Å². The van der Waals surface area contributed by atoms with Gasteiger partial charge in [0.1, 0.15) is 0 Å². The van der Waals surface area contributed by atoms with Crippen molar-refractivity contribution in [3.8, 4) is 0 Å². The first-order valence-corrected chi connectivity index (χ1v) is 8.29. The highest BCUT2D eigenvalue weighted by Gasteiger charge is 2.26. The molecule has 3 nitrogen and oxygen atoms in total. The van der Waals surface area contributed by atoms with E-state index in [-0.39, 0.29) is 11.5 Å². The minimum Gasteiger partial charge on any atom is -0.312 e. The highest BCUT2D eigenvalue weighted by molar-refractivity contribution is 7.05. The van der Waals surface area contributed by atoms with Crippen molar-refractivity contribution in [3.63, 3.8) is 0 Å². The average Bonchev–Trinajstić information content (AvgIpc) is 2.89. The van der Waals surface area contributed by atoms with Gasteiger partial charge >= 0.3 is 0 Å². The fourth-order valence-electron chi connectivity index (χ4n) is 2.17. The predicted octanol–water partition coefficient (Wildman–Crippen LogP) is 4.65. The first-order chi connectivity index (χ1) is 9.82. The molecule has 1 aromatic carbocycles. The van der Waals surface area contributed by atoms with Crippen LogP contribution in [-0.4, -0.2) is 16.6 Å². The fourth-order valence-corrected chi connectivity index (χ4v) is 3.47. The van der Waals surface area contributed by atoms with Crippen LogP contribution in [-0.2, 0) is 11.8 Å². The molecule has 0 spiro atoms. The van der Waals surface area contributed by atoms with Crippen LogP contribution in [0.2, 0.25) is 10.0 Å². The molecule has 2 rings (SSSR count). The Kier molecular flexibility index (Phi) is 5.25. The molecule has 0 aliphatic carbocycles. The quantitative estimate of drug-likeness (QED) is 0.878. The van der Waals surface area contributed by atoms with Crippen LogP contribution in [0.5, 0.6) is 0 Å². The maximum atomic E-state index is 6.09. The predicted molar refractivity (Wildman–Crippen MR) is 90.6 cm³/mol. The zero-order valence-corrected chi connectivity index (χ0v) is 14.9. The van der Waals surface area contributed by atoms with Crippen LogP contribution >= 0.6 is 34.7 Å². The Morgan fingerprint density at radius 2 is 1.95 bits per heavy atom. The van der Waals surface area contributed by atoms with E-state index in [1.165, 1.54) is 16.4 Å². The number of halogens is 2. The molecular weight excluding hydrogens is 325 g/mol. The highest BCUT2D eigenvalue weighted by atomic mass is 35.5. The lowest BCUT2D eigenvalue weighted by atomic mass is 9.89. The Morgan fingerprint density at radius 1 is 1.24 bits per heavy atom. The summed E-state index contributed by atoms with van der Waals surface area (Å²) in [7, 11) is 1.95. The summed E-state index contributed by atoms with van der Waals surface area (Å²) in [6, 6.07) is 5.92. The summed E-state index contributed by atoms with van der Waals surface area (Å²) in [5, 5.41) is 8.83. The zero-order chi connectivity index (χ0) is 15.6. The van der Waals surface area contributed by atoms with Crippen molar-refractivity contribution in [2.75, 3.05) is 7.05 Å². The molecular formula is C15H19Cl2N3S. The van der Waals surface area contributed by atoms with E-state index in [0.29, 0.717) is 10.0 Å². The van der Waals surface area contributed by atoms with Crippen molar-refractivity contribution in [2.45, 2.75) is 38.6 Å². The van der Waals surface area contributed by atoms with Gasteiger partial charge in [0.25, 0.3) is 0 Å². The second kappa shape index (κ2) is 6.61. The summed E-state index contributed by atoms with van der Waals surface area (Å²) in [5.41, 5.74) is 2.17. The van der Waals surface area contributed by atoms with Crippen molar-refractivity contribution in [1.29, 1.82) is 0 Å². The molecule has 1 atom stereocenters. The van der Waals surface area contributed by atoms with Crippen molar-refractivity contribution in [2.24, 2.45) is 0 Å². The smallest absolute Gasteiger partial charge is 0.0857 e. The number of hydrogen-bond donors (Lipinski definition) is 1. The Morgan fingerprint density at radius 3 is 2.52 bits per heavy atom. The Labute approximate surface area is 139 Å². The molecule has 0 aliphatic rings. The summed E-state index contributed by atoms with van der Waals surface area (Å²) in [4.78, 5) is 1.18. The molecule has 0 bridgehead atoms. The Hall–Kier alpha value is -0.680. The van der Waals surface area contributed by atoms with Gasteiger partial charge in [-0.1, -0.05) is 54.5 Å². The molecule has 1 unspecified atom stereocenters. The van der Waals surface area contributed by atoms with Crippen LogP contribution in [0.3, 0.4) is 0 Å². The minimum atomic E-state index is -0.0188. The van der Waals surface area contributed by atoms with E-state index < -0.39 is 0 Å². The maximum Gasteiger partial charge on any atom is 0.0857 e. The van der Waals surface area contributed by atoms with Crippen LogP contribution in [0.15, 0.2) is 18.2 Å². The van der Waals surface area contributed by atoms with Gasteiger partial charge in [0.05, 0.1) is 20.6 Å². The molecule has 0 saturated carbocycles. The van der Waals surface area contributed by atoms with E-state index in [4.69, 9.17) is 23.2 Å². The molecule has 21 heavy (non-hydrogen) atoms. The third kappa shape index (κ3) is 3.95. The van der Waals surface area contributed by atoms with E-state index in [1.807, 2.05) is 25.2 Å². The summed E-state index contributed by atoms with van der Waals surface area (Å²) >= 11 is 13.5. The lowest BCUT2D eigenvalue weighted by Gasteiger charge is -2.21. The van der Waals surface area contributed by atoms with Gasteiger partial charge < -0.3 is 5.32 Å². The molecule has 1 heterocycles. The Bertz CT molecular complexity index is 620. The number of hydrogen-bond acceptors (Lipinski definition) is 4. The van der Waals surface area contributed by atoms with Gasteiger partial charge in [-0.3, -0.25) is 0 Å². The van der Waals surface area contributed by atoms with E-state index in [1.54, 1.807) is 0 Å². The minimum absolute atomic E-state index is 0.0188. The van der Waals surface area contributed by atoms with Crippen molar-refractivity contribution in [3.05, 3.63) is 44.4 Å². The van der Waals surface area contributed by atoms with E-state index in [9.17, 15) is 0 Å². The second-order valence-corrected chi connectivity index (χ2v) is 7.63. The molecule has 0 radical (unpaired) electrons. The lowest BCUT2D eigenvalue weighted by molar-refractivity contribution is 0.530. The molecule has 1 N–H and O–H groups in total. The van der Waals surface area contributed by atoms with Crippen molar-refractivity contribution >= 4 is 34.7 Å². The molecule has 0 saturated heterocycles. The van der Waals surface area contributed by atoms with Gasteiger partial charge in [-0.05, 0) is 42.7 Å². The highest BCUT2D eigenvalue weighted by Crippen LogP contribution is 2.32. The number of aromatic nitrogens is 2. The van der Waals surface area contributed by atoms with Gasteiger partial charge in [-0.25, -0.2) is 0 Å². The molecule has 2 aromatic rings. The normalized spacial score (nSPS) is 13.4. The zero-order valence-electron chi connectivity index (χ0n) is 12.6. The molecule has 114 valence electrons. The average molecular weight is 344 g/mol. The van der Waals surface area contributed by atoms with Crippen molar-refractivity contribution < 1.29 is 0 Å². The fraction of sp³-hybridized carbons (Fsp3) is 0.467. The number of likely N-dealkylation sites (N-methyl/N-ethyl adjacent to an activating group) is 1. The first-order valence-electron chi connectivity index (χ1n) is 6.77. The van der Waals surface area contributed by atoms with Crippen LogP contribution in [0.25, 0.3) is 0 Å².